The van der Waals surface area contributed by atoms with Crippen LogP contribution in [-0.4, -0.2) is 45.3 Å². The number of piperazine rings is 1. The first-order valence-corrected chi connectivity index (χ1v) is 7.98. The first-order valence-electron chi connectivity index (χ1n) is 7.98. The molecule has 0 amide bonds. The lowest BCUT2D eigenvalue weighted by molar-refractivity contribution is 0.157. The van der Waals surface area contributed by atoms with E-state index >= 15 is 0 Å². The predicted molar refractivity (Wildman–Crippen MR) is 84.1 cm³/mol. The topological polar surface area (TPSA) is 33.7 Å². The van der Waals surface area contributed by atoms with Gasteiger partial charge in [-0.2, -0.15) is 0 Å². The average Bonchev–Trinajstić information content (AvgIpc) is 3.37. The van der Waals surface area contributed by atoms with Crippen LogP contribution in [0.3, 0.4) is 0 Å². The van der Waals surface area contributed by atoms with Gasteiger partial charge in [0.25, 0.3) is 0 Å². The minimum absolute atomic E-state index is 0.449. The van der Waals surface area contributed by atoms with Gasteiger partial charge >= 0.3 is 0 Å². The molecule has 1 N–H and O–H groups in total. The van der Waals surface area contributed by atoms with Crippen molar-refractivity contribution in [2.45, 2.75) is 25.3 Å². The van der Waals surface area contributed by atoms with E-state index in [1.165, 1.54) is 24.8 Å². The lowest BCUT2D eigenvalue weighted by Crippen LogP contribution is -2.45. The van der Waals surface area contributed by atoms with Crippen LogP contribution >= 0.6 is 0 Å². The molecule has 2 fully saturated rings. The molecule has 1 atom stereocenters. The molecule has 3 rings (SSSR count). The molecule has 1 aliphatic carbocycles. The van der Waals surface area contributed by atoms with Crippen molar-refractivity contribution < 1.29 is 9.47 Å². The zero-order valence-electron chi connectivity index (χ0n) is 13.1. The number of benzene rings is 1. The Bertz CT molecular complexity index is 468. The maximum absolute atomic E-state index is 5.62. The molecule has 0 radical (unpaired) electrons. The number of nitrogens with zero attached hydrogens (tertiary/aromatic N) is 1. The zero-order chi connectivity index (χ0) is 14.7. The standard InChI is InChI=1S/C17H26N2O2/c1-20-14-5-6-17(21-2)15(12-14)16(11-13-3-4-13)19-9-7-18-8-10-19/h5-6,12-13,16,18H,3-4,7-11H2,1-2H3/t16-/m1/s1. The summed E-state index contributed by atoms with van der Waals surface area (Å²) in [4.78, 5) is 2.60. The normalized spacial score (nSPS) is 21.0. The molecule has 1 aromatic rings. The molecular formula is C17H26N2O2. The lowest BCUT2D eigenvalue weighted by atomic mass is 9.97. The fourth-order valence-corrected chi connectivity index (χ4v) is 3.24. The Morgan fingerprint density at radius 3 is 2.57 bits per heavy atom. The summed E-state index contributed by atoms with van der Waals surface area (Å²) in [5.74, 6) is 2.79. The van der Waals surface area contributed by atoms with Crippen molar-refractivity contribution in [2.24, 2.45) is 5.92 Å². The van der Waals surface area contributed by atoms with Crippen LogP contribution in [0.5, 0.6) is 11.5 Å². The van der Waals surface area contributed by atoms with Crippen LogP contribution in [0.1, 0.15) is 30.9 Å². The molecule has 0 unspecified atom stereocenters. The third kappa shape index (κ3) is 3.50. The van der Waals surface area contributed by atoms with Crippen molar-refractivity contribution in [2.75, 3.05) is 40.4 Å². The van der Waals surface area contributed by atoms with Gasteiger partial charge in [0.15, 0.2) is 0 Å². The van der Waals surface area contributed by atoms with E-state index < -0.39 is 0 Å². The van der Waals surface area contributed by atoms with Crippen LogP contribution in [0.25, 0.3) is 0 Å². The van der Waals surface area contributed by atoms with Crippen molar-refractivity contribution in [3.05, 3.63) is 23.8 Å². The second kappa shape index (κ2) is 6.67. The van der Waals surface area contributed by atoms with Crippen molar-refractivity contribution in [1.82, 2.24) is 10.2 Å². The van der Waals surface area contributed by atoms with Crippen LogP contribution in [0.4, 0.5) is 0 Å². The van der Waals surface area contributed by atoms with Gasteiger partial charge in [0.2, 0.25) is 0 Å². The van der Waals surface area contributed by atoms with Gasteiger partial charge in [0, 0.05) is 37.8 Å². The Balaban J connectivity index is 1.89. The summed E-state index contributed by atoms with van der Waals surface area (Å²) in [6, 6.07) is 6.63. The maximum Gasteiger partial charge on any atom is 0.123 e. The third-order valence-corrected chi connectivity index (χ3v) is 4.64. The molecule has 1 saturated carbocycles. The predicted octanol–water partition coefficient (Wildman–Crippen LogP) is 2.45. The first-order chi connectivity index (χ1) is 10.3. The number of hydrogen-bond acceptors (Lipinski definition) is 4. The van der Waals surface area contributed by atoms with Crippen LogP contribution in [0.15, 0.2) is 18.2 Å². The summed E-state index contributed by atoms with van der Waals surface area (Å²) < 4.78 is 11.0. The van der Waals surface area contributed by atoms with Crippen molar-refractivity contribution >= 4 is 0 Å². The van der Waals surface area contributed by atoms with Gasteiger partial charge in [-0.25, -0.2) is 0 Å². The lowest BCUT2D eigenvalue weighted by Gasteiger charge is -2.36. The smallest absolute Gasteiger partial charge is 0.123 e. The molecule has 1 aliphatic heterocycles. The van der Waals surface area contributed by atoms with Crippen molar-refractivity contribution in [3.63, 3.8) is 0 Å². The van der Waals surface area contributed by atoms with E-state index in [9.17, 15) is 0 Å². The molecule has 4 nitrogen and oxygen atoms in total. The fourth-order valence-electron chi connectivity index (χ4n) is 3.24. The Labute approximate surface area is 127 Å². The molecule has 2 aliphatic rings. The Morgan fingerprint density at radius 1 is 1.19 bits per heavy atom. The van der Waals surface area contributed by atoms with E-state index in [2.05, 4.69) is 16.3 Å². The monoisotopic (exact) mass is 290 g/mol. The third-order valence-electron chi connectivity index (χ3n) is 4.64. The summed E-state index contributed by atoms with van der Waals surface area (Å²) in [5.41, 5.74) is 1.28. The van der Waals surface area contributed by atoms with Gasteiger partial charge < -0.3 is 14.8 Å². The van der Waals surface area contributed by atoms with E-state index in [0.717, 1.165) is 43.6 Å². The Kier molecular flexibility index (Phi) is 4.66. The van der Waals surface area contributed by atoms with Crippen LogP contribution in [0, 0.1) is 5.92 Å². The summed E-state index contributed by atoms with van der Waals surface area (Å²) in [6.45, 7) is 4.37. The highest BCUT2D eigenvalue weighted by atomic mass is 16.5. The van der Waals surface area contributed by atoms with Gasteiger partial charge in [-0.05, 0) is 30.5 Å². The zero-order valence-corrected chi connectivity index (χ0v) is 13.1. The molecular weight excluding hydrogens is 264 g/mol. The second-order valence-corrected chi connectivity index (χ2v) is 6.09. The number of ether oxygens (including phenoxy) is 2. The summed E-state index contributed by atoms with van der Waals surface area (Å²) >= 11 is 0. The number of methoxy groups -OCH3 is 2. The largest absolute Gasteiger partial charge is 0.497 e. The number of hydrogen-bond donors (Lipinski definition) is 1. The highest BCUT2D eigenvalue weighted by Crippen LogP contribution is 2.43. The fraction of sp³-hybridized carbons (Fsp3) is 0.647. The quantitative estimate of drug-likeness (QED) is 0.872. The molecule has 0 bridgehead atoms. The number of nitrogens with one attached hydrogen (secondary N) is 1. The van der Waals surface area contributed by atoms with Gasteiger partial charge in [-0.3, -0.25) is 4.90 Å². The van der Waals surface area contributed by atoms with E-state index in [4.69, 9.17) is 9.47 Å². The van der Waals surface area contributed by atoms with Gasteiger partial charge in [0.05, 0.1) is 14.2 Å². The van der Waals surface area contributed by atoms with Crippen molar-refractivity contribution in [3.8, 4) is 11.5 Å². The van der Waals surface area contributed by atoms with Crippen molar-refractivity contribution in [1.29, 1.82) is 0 Å². The van der Waals surface area contributed by atoms with Gasteiger partial charge in [-0.1, -0.05) is 12.8 Å². The SMILES string of the molecule is COc1ccc(OC)c([C@@H](CC2CC2)N2CCNCC2)c1. The molecule has 0 spiro atoms. The molecule has 1 heterocycles. The van der Waals surface area contributed by atoms with Crippen LogP contribution in [-0.2, 0) is 0 Å². The average molecular weight is 290 g/mol. The van der Waals surface area contributed by atoms with E-state index in [0.29, 0.717) is 6.04 Å². The molecule has 21 heavy (non-hydrogen) atoms. The summed E-state index contributed by atoms with van der Waals surface area (Å²) in [7, 11) is 3.49. The highest BCUT2D eigenvalue weighted by Gasteiger charge is 2.32. The summed E-state index contributed by atoms with van der Waals surface area (Å²) in [5, 5.41) is 3.44. The molecule has 1 aromatic carbocycles. The number of rotatable bonds is 6. The van der Waals surface area contributed by atoms with Gasteiger partial charge in [0.1, 0.15) is 11.5 Å². The van der Waals surface area contributed by atoms with E-state index in [1.54, 1.807) is 14.2 Å². The molecule has 4 heteroatoms. The van der Waals surface area contributed by atoms with Crippen LogP contribution < -0.4 is 14.8 Å². The minimum Gasteiger partial charge on any atom is -0.497 e. The molecule has 1 saturated heterocycles. The molecule has 116 valence electrons. The minimum atomic E-state index is 0.449. The van der Waals surface area contributed by atoms with Gasteiger partial charge in [-0.15, -0.1) is 0 Å². The van der Waals surface area contributed by atoms with E-state index in [-0.39, 0.29) is 0 Å². The molecule has 0 aromatic heterocycles. The summed E-state index contributed by atoms with van der Waals surface area (Å²) in [6.07, 6.45) is 4.01. The Morgan fingerprint density at radius 2 is 1.95 bits per heavy atom. The van der Waals surface area contributed by atoms with E-state index in [1.807, 2.05) is 12.1 Å². The Hall–Kier alpha value is -1.26. The highest BCUT2D eigenvalue weighted by molar-refractivity contribution is 5.42. The second-order valence-electron chi connectivity index (χ2n) is 6.09. The maximum atomic E-state index is 5.62. The first kappa shape index (κ1) is 14.7. The van der Waals surface area contributed by atoms with Crippen LogP contribution in [0.2, 0.25) is 0 Å².